The van der Waals surface area contributed by atoms with E-state index in [2.05, 4.69) is 14.4 Å². The first-order valence-corrected chi connectivity index (χ1v) is 12.0. The van der Waals surface area contributed by atoms with Crippen molar-refractivity contribution in [3.05, 3.63) is 78.6 Å². The van der Waals surface area contributed by atoms with Crippen molar-refractivity contribution in [1.29, 1.82) is 0 Å². The summed E-state index contributed by atoms with van der Waals surface area (Å²) in [5.41, 5.74) is 0.572. The summed E-state index contributed by atoms with van der Waals surface area (Å²) < 4.78 is 69.0. The minimum Gasteiger partial charge on any atom is -0.406 e. The van der Waals surface area contributed by atoms with Crippen molar-refractivity contribution >= 4 is 33.3 Å². The number of ether oxygens (including phenoxy) is 1. The number of carbonyl (C=O) groups is 2. The van der Waals surface area contributed by atoms with E-state index in [4.69, 9.17) is 0 Å². The molecule has 3 aromatic rings. The summed E-state index contributed by atoms with van der Waals surface area (Å²) in [6, 6.07) is 11.9. The summed E-state index contributed by atoms with van der Waals surface area (Å²) in [5, 5.41) is 0. The van der Waals surface area contributed by atoms with Gasteiger partial charge in [0.1, 0.15) is 11.8 Å². The molecule has 1 aromatic heterocycles. The normalized spacial score (nSPS) is 16.4. The highest BCUT2D eigenvalue weighted by molar-refractivity contribution is 7.92. The number of pyridine rings is 1. The fourth-order valence-electron chi connectivity index (χ4n) is 3.59. The SMILES string of the molecule is CC1C(=O)N(c2ccc(OC(F)(F)F)cc2)C(=O)N1Cc1ccncc1NS(=O)(=O)c1ccccc1. The van der Waals surface area contributed by atoms with Crippen molar-refractivity contribution in [1.82, 2.24) is 9.88 Å². The minimum atomic E-state index is -4.88. The van der Waals surface area contributed by atoms with Gasteiger partial charge in [-0.3, -0.25) is 14.5 Å². The number of carbonyl (C=O) groups excluding carboxylic acids is 2. The largest absolute Gasteiger partial charge is 0.573 e. The van der Waals surface area contributed by atoms with E-state index in [0.717, 1.165) is 17.0 Å². The molecule has 0 aliphatic carbocycles. The van der Waals surface area contributed by atoms with Gasteiger partial charge in [-0.15, -0.1) is 13.2 Å². The van der Waals surface area contributed by atoms with Crippen LogP contribution in [0.2, 0.25) is 0 Å². The number of rotatable bonds is 7. The van der Waals surface area contributed by atoms with Crippen LogP contribution >= 0.6 is 0 Å². The summed E-state index contributed by atoms with van der Waals surface area (Å²) in [7, 11) is -3.94. The fourth-order valence-corrected chi connectivity index (χ4v) is 4.69. The third-order valence-electron chi connectivity index (χ3n) is 5.36. The number of urea groups is 1. The number of benzene rings is 2. The van der Waals surface area contributed by atoms with Gasteiger partial charge in [0.25, 0.3) is 15.9 Å². The first-order chi connectivity index (χ1) is 17.0. The first kappa shape index (κ1) is 25.0. The Morgan fingerprint density at radius 2 is 1.69 bits per heavy atom. The van der Waals surface area contributed by atoms with Crippen LogP contribution in [0, 0.1) is 0 Å². The second kappa shape index (κ2) is 9.49. The number of nitrogens with zero attached hydrogens (tertiary/aromatic N) is 3. The zero-order valence-electron chi connectivity index (χ0n) is 18.6. The van der Waals surface area contributed by atoms with E-state index in [1.807, 2.05) is 0 Å². The van der Waals surface area contributed by atoms with Crippen molar-refractivity contribution in [3.8, 4) is 5.75 Å². The summed E-state index contributed by atoms with van der Waals surface area (Å²) in [4.78, 5) is 32.0. The van der Waals surface area contributed by atoms with Crippen molar-refractivity contribution in [2.24, 2.45) is 0 Å². The molecule has 13 heteroatoms. The molecular formula is C23H19F3N4O5S. The highest BCUT2D eigenvalue weighted by atomic mass is 32.2. The van der Waals surface area contributed by atoms with Crippen LogP contribution in [0.5, 0.6) is 5.75 Å². The van der Waals surface area contributed by atoms with Gasteiger partial charge in [-0.2, -0.15) is 0 Å². The zero-order chi connectivity index (χ0) is 26.1. The maximum Gasteiger partial charge on any atom is 0.573 e. The van der Waals surface area contributed by atoms with Crippen LogP contribution in [-0.2, 0) is 21.4 Å². The van der Waals surface area contributed by atoms with Crippen LogP contribution in [0.3, 0.4) is 0 Å². The average Bonchev–Trinajstić information content (AvgIpc) is 3.03. The van der Waals surface area contributed by atoms with Gasteiger partial charge in [0.2, 0.25) is 0 Å². The molecule has 0 saturated carbocycles. The predicted octanol–water partition coefficient (Wildman–Crippen LogP) is 4.14. The third-order valence-corrected chi connectivity index (χ3v) is 6.74. The number of alkyl halides is 3. The Kier molecular flexibility index (Phi) is 6.59. The Labute approximate surface area is 204 Å². The summed E-state index contributed by atoms with van der Waals surface area (Å²) >= 11 is 0. The van der Waals surface area contributed by atoms with E-state index in [0.29, 0.717) is 5.56 Å². The van der Waals surface area contributed by atoms with Gasteiger partial charge in [0.05, 0.1) is 29.0 Å². The quantitative estimate of drug-likeness (QED) is 0.469. The Bertz CT molecular complexity index is 1380. The minimum absolute atomic E-state index is 0.0322. The van der Waals surface area contributed by atoms with Gasteiger partial charge >= 0.3 is 12.4 Å². The van der Waals surface area contributed by atoms with Crippen LogP contribution < -0.4 is 14.4 Å². The molecular weight excluding hydrogens is 501 g/mol. The number of hydrogen-bond donors (Lipinski definition) is 1. The van der Waals surface area contributed by atoms with Crippen LogP contribution in [0.4, 0.5) is 29.3 Å². The average molecular weight is 520 g/mol. The van der Waals surface area contributed by atoms with Crippen LogP contribution in [0.15, 0.2) is 78.0 Å². The van der Waals surface area contributed by atoms with Crippen LogP contribution in [0.1, 0.15) is 12.5 Å². The molecule has 1 fully saturated rings. The molecule has 0 radical (unpaired) electrons. The highest BCUT2D eigenvalue weighted by Gasteiger charge is 2.43. The lowest BCUT2D eigenvalue weighted by Gasteiger charge is -2.21. The smallest absolute Gasteiger partial charge is 0.406 e. The van der Waals surface area contributed by atoms with Crippen molar-refractivity contribution in [3.63, 3.8) is 0 Å². The maximum atomic E-state index is 13.1. The first-order valence-electron chi connectivity index (χ1n) is 10.5. The summed E-state index contributed by atoms with van der Waals surface area (Å²) in [6.07, 6.45) is -2.17. The molecule has 3 amide bonds. The second-order valence-electron chi connectivity index (χ2n) is 7.75. The molecule has 188 valence electrons. The molecule has 9 nitrogen and oxygen atoms in total. The van der Waals surface area contributed by atoms with Crippen molar-refractivity contribution < 1.29 is 35.9 Å². The molecule has 0 spiro atoms. The molecule has 1 aliphatic heterocycles. The monoisotopic (exact) mass is 520 g/mol. The third kappa shape index (κ3) is 5.25. The van der Waals surface area contributed by atoms with Gasteiger partial charge in [0.15, 0.2) is 0 Å². The second-order valence-corrected chi connectivity index (χ2v) is 9.44. The number of amides is 3. The van der Waals surface area contributed by atoms with E-state index >= 15 is 0 Å². The standard InChI is InChI=1S/C23H19F3N4O5S/c1-15-21(31)30(17-7-9-18(10-8-17)35-23(24,25)26)22(32)29(15)14-16-11-12-27-13-20(16)28-36(33,34)19-5-3-2-4-6-19/h2-13,15,28H,14H2,1H3. The lowest BCUT2D eigenvalue weighted by Crippen LogP contribution is -2.33. The van der Waals surface area contributed by atoms with Crippen molar-refractivity contribution in [2.75, 3.05) is 9.62 Å². The zero-order valence-corrected chi connectivity index (χ0v) is 19.5. The summed E-state index contributed by atoms with van der Waals surface area (Å²) in [5.74, 6) is -1.09. The maximum absolute atomic E-state index is 13.1. The number of anilines is 2. The molecule has 2 aromatic carbocycles. The molecule has 4 rings (SSSR count). The van der Waals surface area contributed by atoms with Gasteiger partial charge in [-0.05, 0) is 55.0 Å². The number of hydrogen-bond acceptors (Lipinski definition) is 6. The van der Waals surface area contributed by atoms with Gasteiger partial charge in [-0.1, -0.05) is 18.2 Å². The molecule has 1 aliphatic rings. The molecule has 1 atom stereocenters. The van der Waals surface area contributed by atoms with Gasteiger partial charge in [-0.25, -0.2) is 18.1 Å². The Morgan fingerprint density at radius 3 is 2.33 bits per heavy atom. The predicted molar refractivity (Wildman–Crippen MR) is 122 cm³/mol. The lowest BCUT2D eigenvalue weighted by molar-refractivity contribution is -0.274. The molecule has 1 N–H and O–H groups in total. The van der Waals surface area contributed by atoms with E-state index < -0.39 is 40.1 Å². The van der Waals surface area contributed by atoms with Gasteiger partial charge in [0, 0.05) is 6.20 Å². The van der Waals surface area contributed by atoms with E-state index in [1.165, 1.54) is 54.5 Å². The van der Waals surface area contributed by atoms with Crippen LogP contribution in [0.25, 0.3) is 0 Å². The molecule has 2 heterocycles. The Morgan fingerprint density at radius 1 is 1.03 bits per heavy atom. The van der Waals surface area contributed by atoms with E-state index in [1.54, 1.807) is 18.2 Å². The van der Waals surface area contributed by atoms with Gasteiger partial charge < -0.3 is 9.64 Å². The van der Waals surface area contributed by atoms with E-state index in [9.17, 15) is 31.2 Å². The number of nitrogens with one attached hydrogen (secondary N) is 1. The molecule has 1 saturated heterocycles. The summed E-state index contributed by atoms with van der Waals surface area (Å²) in [6.45, 7) is 1.36. The van der Waals surface area contributed by atoms with Crippen LogP contribution in [-0.4, -0.2) is 42.6 Å². The lowest BCUT2D eigenvalue weighted by atomic mass is 10.2. The van der Waals surface area contributed by atoms with Crippen molar-refractivity contribution in [2.45, 2.75) is 30.8 Å². The number of aromatic nitrogens is 1. The molecule has 0 bridgehead atoms. The number of halogens is 3. The molecule has 1 unspecified atom stereocenters. The number of sulfonamides is 1. The topological polar surface area (TPSA) is 109 Å². The Hall–Kier alpha value is -4.13. The van der Waals surface area contributed by atoms with E-state index in [-0.39, 0.29) is 22.8 Å². The molecule has 36 heavy (non-hydrogen) atoms. The number of imide groups is 1. The fraction of sp³-hybridized carbons (Fsp3) is 0.174. The Balaban J connectivity index is 1.56. The highest BCUT2D eigenvalue weighted by Crippen LogP contribution is 2.31.